The van der Waals surface area contributed by atoms with Crippen LogP contribution in [0.2, 0.25) is 0 Å². The van der Waals surface area contributed by atoms with Crippen LogP contribution in [0.25, 0.3) is 0 Å². The van der Waals surface area contributed by atoms with E-state index < -0.39 is 51.3 Å². The quantitative estimate of drug-likeness (QED) is 0.639. The van der Waals surface area contributed by atoms with Crippen molar-refractivity contribution in [1.82, 2.24) is 0 Å². The molecule has 1 saturated carbocycles. The molecular formula is C18H18F4O2. The van der Waals surface area contributed by atoms with Crippen molar-refractivity contribution in [3.05, 3.63) is 35.1 Å². The van der Waals surface area contributed by atoms with Gasteiger partial charge in [0.1, 0.15) is 5.82 Å². The van der Waals surface area contributed by atoms with Gasteiger partial charge in [0.2, 0.25) is 0 Å². The summed E-state index contributed by atoms with van der Waals surface area (Å²) in [7, 11) is 0. The third-order valence-corrected chi connectivity index (χ3v) is 6.04. The molecule has 2 rings (SSSR count). The van der Waals surface area contributed by atoms with E-state index in [1.807, 2.05) is 0 Å². The van der Waals surface area contributed by atoms with Crippen LogP contribution in [0.4, 0.5) is 17.6 Å². The number of benzene rings is 1. The number of terminal acetylenes is 1. The van der Waals surface area contributed by atoms with E-state index >= 15 is 0 Å². The Hall–Kier alpha value is -2.03. The smallest absolute Gasteiger partial charge is 0.416 e. The van der Waals surface area contributed by atoms with Gasteiger partial charge in [-0.2, -0.15) is 13.2 Å². The van der Waals surface area contributed by atoms with Gasteiger partial charge in [0.25, 0.3) is 0 Å². The van der Waals surface area contributed by atoms with Crippen LogP contribution in [0, 0.1) is 34.4 Å². The summed E-state index contributed by atoms with van der Waals surface area (Å²) in [4.78, 5) is 12.0. The topological polar surface area (TPSA) is 37.3 Å². The Labute approximate surface area is 137 Å². The maximum Gasteiger partial charge on any atom is 0.416 e. The number of carboxylic acid groups (broad SMARTS) is 1. The minimum absolute atomic E-state index is 0.409. The molecule has 2 nitrogen and oxygen atoms in total. The van der Waals surface area contributed by atoms with Crippen LogP contribution in [-0.2, 0) is 11.0 Å². The number of aliphatic carboxylic acids is 1. The van der Waals surface area contributed by atoms with Crippen molar-refractivity contribution >= 4 is 5.97 Å². The highest BCUT2D eigenvalue weighted by Gasteiger charge is 2.84. The Balaban J connectivity index is 2.71. The van der Waals surface area contributed by atoms with Gasteiger partial charge in [-0.15, -0.1) is 6.42 Å². The fourth-order valence-electron chi connectivity index (χ4n) is 4.13. The highest BCUT2D eigenvalue weighted by Crippen LogP contribution is 2.82. The lowest BCUT2D eigenvalue weighted by molar-refractivity contribution is -0.146. The number of rotatable bonds is 3. The summed E-state index contributed by atoms with van der Waals surface area (Å²) in [6.07, 6.45) is 0.804. The average molecular weight is 342 g/mol. The van der Waals surface area contributed by atoms with Crippen molar-refractivity contribution < 1.29 is 27.5 Å². The highest BCUT2D eigenvalue weighted by atomic mass is 19.4. The monoisotopic (exact) mass is 342 g/mol. The highest BCUT2D eigenvalue weighted by molar-refractivity contribution is 5.85. The van der Waals surface area contributed by atoms with Gasteiger partial charge in [-0.3, -0.25) is 4.79 Å². The summed E-state index contributed by atoms with van der Waals surface area (Å²) in [6.45, 7) is 6.71. The van der Waals surface area contributed by atoms with E-state index in [2.05, 4.69) is 5.92 Å². The molecular weight excluding hydrogens is 324 g/mol. The normalized spacial score (nSPS) is 21.6. The van der Waals surface area contributed by atoms with Crippen LogP contribution in [-0.4, -0.2) is 11.1 Å². The summed E-state index contributed by atoms with van der Waals surface area (Å²) >= 11 is 0. The molecule has 0 bridgehead atoms. The Morgan fingerprint density at radius 1 is 1.21 bits per heavy atom. The standard InChI is InChI=1S/C18H18F4O2/c1-6-12(17(14(23)24)15(2,3)16(17,4)5)11-9-10(18(20,21)22)7-8-13(11)19/h1,7-9,12H,2-5H3,(H,23,24). The van der Waals surface area contributed by atoms with Gasteiger partial charge in [0, 0.05) is 5.56 Å². The molecule has 0 heterocycles. The van der Waals surface area contributed by atoms with Gasteiger partial charge in [-0.25, -0.2) is 4.39 Å². The summed E-state index contributed by atoms with van der Waals surface area (Å²) in [5, 5.41) is 9.82. The lowest BCUT2D eigenvalue weighted by Gasteiger charge is -2.25. The van der Waals surface area contributed by atoms with E-state index in [1.165, 1.54) is 0 Å². The molecule has 0 spiro atoms. The third kappa shape index (κ3) is 2.00. The fourth-order valence-corrected chi connectivity index (χ4v) is 4.13. The lowest BCUT2D eigenvalue weighted by atomic mass is 9.76. The van der Waals surface area contributed by atoms with Crippen LogP contribution in [0.1, 0.15) is 44.7 Å². The molecule has 0 saturated heterocycles. The molecule has 1 fully saturated rings. The number of carboxylic acids is 1. The first-order valence-corrected chi connectivity index (χ1v) is 7.33. The second-order valence-electron chi connectivity index (χ2n) is 7.20. The number of carbonyl (C=O) groups is 1. The second-order valence-corrected chi connectivity index (χ2v) is 7.20. The largest absolute Gasteiger partial charge is 0.481 e. The Morgan fingerprint density at radius 3 is 2.04 bits per heavy atom. The first-order valence-electron chi connectivity index (χ1n) is 7.33. The van der Waals surface area contributed by atoms with Crippen molar-refractivity contribution in [3.63, 3.8) is 0 Å². The molecule has 1 aromatic rings. The molecule has 0 aromatic heterocycles. The van der Waals surface area contributed by atoms with Crippen molar-refractivity contribution in [2.24, 2.45) is 16.2 Å². The molecule has 0 amide bonds. The van der Waals surface area contributed by atoms with Gasteiger partial charge < -0.3 is 5.11 Å². The van der Waals surface area contributed by atoms with Crippen LogP contribution < -0.4 is 0 Å². The number of alkyl halides is 3. The van der Waals surface area contributed by atoms with E-state index in [0.717, 1.165) is 0 Å². The SMILES string of the molecule is C#CC(c1cc(C(F)(F)F)ccc1F)C1(C(=O)O)C(C)(C)C1(C)C. The van der Waals surface area contributed by atoms with Gasteiger partial charge in [-0.1, -0.05) is 33.6 Å². The molecule has 0 radical (unpaired) electrons. The predicted molar refractivity (Wildman–Crippen MR) is 80.6 cm³/mol. The molecule has 1 aliphatic rings. The molecule has 1 atom stereocenters. The van der Waals surface area contributed by atoms with Gasteiger partial charge in [0.05, 0.1) is 16.9 Å². The molecule has 1 aromatic carbocycles. The third-order valence-electron chi connectivity index (χ3n) is 6.04. The van der Waals surface area contributed by atoms with Crippen molar-refractivity contribution in [2.45, 2.75) is 39.8 Å². The predicted octanol–water partition coefficient (Wildman–Crippen LogP) is 4.70. The molecule has 1 N–H and O–H groups in total. The summed E-state index contributed by atoms with van der Waals surface area (Å²) in [5.41, 5.74) is -4.66. The molecule has 24 heavy (non-hydrogen) atoms. The molecule has 1 aliphatic carbocycles. The molecule has 1 unspecified atom stereocenters. The minimum atomic E-state index is -4.67. The molecule has 6 heteroatoms. The first-order chi connectivity index (χ1) is 10.8. The lowest BCUT2D eigenvalue weighted by Crippen LogP contribution is -2.31. The van der Waals surface area contributed by atoms with E-state index in [-0.39, 0.29) is 0 Å². The zero-order chi connectivity index (χ0) is 18.7. The van der Waals surface area contributed by atoms with Gasteiger partial charge in [0.15, 0.2) is 0 Å². The van der Waals surface area contributed by atoms with E-state index in [9.17, 15) is 27.5 Å². The Bertz CT molecular complexity index is 724. The zero-order valence-corrected chi connectivity index (χ0v) is 13.8. The van der Waals surface area contributed by atoms with E-state index in [4.69, 9.17) is 6.42 Å². The number of hydrogen-bond acceptors (Lipinski definition) is 1. The van der Waals surface area contributed by atoms with Gasteiger partial charge in [-0.05, 0) is 29.0 Å². The van der Waals surface area contributed by atoms with Crippen molar-refractivity contribution in [2.75, 3.05) is 0 Å². The van der Waals surface area contributed by atoms with Crippen LogP contribution >= 0.6 is 0 Å². The number of halogens is 4. The Morgan fingerprint density at radius 2 is 1.71 bits per heavy atom. The maximum atomic E-state index is 14.3. The van der Waals surface area contributed by atoms with Crippen molar-refractivity contribution in [3.8, 4) is 12.3 Å². The van der Waals surface area contributed by atoms with Gasteiger partial charge >= 0.3 is 12.1 Å². The first kappa shape index (κ1) is 18.3. The summed E-state index contributed by atoms with van der Waals surface area (Å²) in [5.74, 6) is -1.25. The maximum absolute atomic E-state index is 14.3. The van der Waals surface area contributed by atoms with Crippen LogP contribution in [0.5, 0.6) is 0 Å². The summed E-state index contributed by atoms with van der Waals surface area (Å²) in [6, 6.07) is 1.92. The second kappa shape index (κ2) is 4.98. The molecule has 130 valence electrons. The van der Waals surface area contributed by atoms with E-state index in [0.29, 0.717) is 18.2 Å². The zero-order valence-electron chi connectivity index (χ0n) is 13.8. The molecule has 0 aliphatic heterocycles. The average Bonchev–Trinajstić information content (AvgIpc) is 2.79. The summed E-state index contributed by atoms with van der Waals surface area (Å²) < 4.78 is 53.1. The Kier molecular flexibility index (Phi) is 3.80. The fraction of sp³-hybridized carbons (Fsp3) is 0.500. The van der Waals surface area contributed by atoms with Crippen molar-refractivity contribution in [1.29, 1.82) is 0 Å². The minimum Gasteiger partial charge on any atom is -0.481 e. The van der Waals surface area contributed by atoms with E-state index in [1.54, 1.807) is 27.7 Å². The van der Waals surface area contributed by atoms with Crippen LogP contribution in [0.15, 0.2) is 18.2 Å². The van der Waals surface area contributed by atoms with Crippen LogP contribution in [0.3, 0.4) is 0 Å². The number of hydrogen-bond donors (Lipinski definition) is 1.